The molecule has 0 aliphatic rings. The molecular formula is C9H11NO4S. The topological polar surface area (TPSA) is 77.8 Å². The standard InChI is InChI=1S/C9H11NO4S/c11-8(12)4-10(5-9(13)14)3-7-1-2-15-6-7/h1-2,6H,3-5H2,(H,11,12)(H,13,14). The first kappa shape index (κ1) is 11.7. The Labute approximate surface area is 90.6 Å². The lowest BCUT2D eigenvalue weighted by Crippen LogP contribution is -2.33. The molecule has 1 aromatic heterocycles. The van der Waals surface area contributed by atoms with E-state index < -0.39 is 11.9 Å². The van der Waals surface area contributed by atoms with Crippen molar-refractivity contribution < 1.29 is 19.8 Å². The van der Waals surface area contributed by atoms with Crippen LogP contribution in [0.4, 0.5) is 0 Å². The normalized spacial score (nSPS) is 10.5. The maximum atomic E-state index is 10.5. The molecule has 0 unspecified atom stereocenters. The van der Waals surface area contributed by atoms with E-state index >= 15 is 0 Å². The molecule has 0 atom stereocenters. The lowest BCUT2D eigenvalue weighted by Gasteiger charge is -2.16. The average molecular weight is 229 g/mol. The molecule has 2 N–H and O–H groups in total. The quantitative estimate of drug-likeness (QED) is 0.751. The first-order chi connectivity index (χ1) is 7.08. The fourth-order valence-electron chi connectivity index (χ4n) is 1.19. The lowest BCUT2D eigenvalue weighted by molar-refractivity contribution is -0.141. The van der Waals surface area contributed by atoms with E-state index in [-0.39, 0.29) is 13.1 Å². The molecule has 0 amide bonds. The van der Waals surface area contributed by atoms with Gasteiger partial charge in [-0.05, 0) is 22.4 Å². The summed E-state index contributed by atoms with van der Waals surface area (Å²) < 4.78 is 0. The minimum absolute atomic E-state index is 0.262. The molecule has 6 heteroatoms. The van der Waals surface area contributed by atoms with Gasteiger partial charge in [-0.3, -0.25) is 14.5 Å². The van der Waals surface area contributed by atoms with Crippen LogP contribution in [-0.2, 0) is 16.1 Å². The van der Waals surface area contributed by atoms with Crippen LogP contribution in [0.2, 0.25) is 0 Å². The summed E-state index contributed by atoms with van der Waals surface area (Å²) >= 11 is 1.50. The molecular weight excluding hydrogens is 218 g/mol. The molecule has 0 aromatic carbocycles. The Morgan fingerprint density at radius 2 is 1.87 bits per heavy atom. The molecule has 0 bridgehead atoms. The van der Waals surface area contributed by atoms with Crippen LogP contribution < -0.4 is 0 Å². The molecule has 0 spiro atoms. The zero-order valence-electron chi connectivity index (χ0n) is 7.92. The highest BCUT2D eigenvalue weighted by molar-refractivity contribution is 7.07. The molecule has 1 heterocycles. The van der Waals surface area contributed by atoms with E-state index in [1.807, 2.05) is 16.8 Å². The third-order valence-corrected chi connectivity index (χ3v) is 2.44. The van der Waals surface area contributed by atoms with Crippen molar-refractivity contribution in [2.24, 2.45) is 0 Å². The summed E-state index contributed by atoms with van der Waals surface area (Å²) in [7, 11) is 0. The van der Waals surface area contributed by atoms with Crippen LogP contribution in [0.15, 0.2) is 16.8 Å². The monoisotopic (exact) mass is 229 g/mol. The van der Waals surface area contributed by atoms with Crippen LogP contribution in [-0.4, -0.2) is 40.1 Å². The Bertz CT molecular complexity index is 320. The number of thiophene rings is 1. The minimum atomic E-state index is -1.02. The second-order valence-electron chi connectivity index (χ2n) is 3.06. The van der Waals surface area contributed by atoms with Gasteiger partial charge in [0.15, 0.2) is 0 Å². The van der Waals surface area contributed by atoms with Crippen LogP contribution in [0.25, 0.3) is 0 Å². The van der Waals surface area contributed by atoms with Crippen molar-refractivity contribution in [3.63, 3.8) is 0 Å². The Morgan fingerprint density at radius 1 is 1.27 bits per heavy atom. The van der Waals surface area contributed by atoms with Gasteiger partial charge in [-0.1, -0.05) is 0 Å². The third-order valence-electron chi connectivity index (χ3n) is 1.70. The number of nitrogens with zero attached hydrogens (tertiary/aromatic N) is 1. The van der Waals surface area contributed by atoms with Gasteiger partial charge >= 0.3 is 11.9 Å². The molecule has 82 valence electrons. The number of rotatable bonds is 6. The van der Waals surface area contributed by atoms with Crippen LogP contribution in [0.5, 0.6) is 0 Å². The second-order valence-corrected chi connectivity index (χ2v) is 3.84. The smallest absolute Gasteiger partial charge is 0.317 e. The van der Waals surface area contributed by atoms with E-state index in [1.165, 1.54) is 16.2 Å². The predicted octanol–water partition coefficient (Wildman–Crippen LogP) is 0.719. The molecule has 0 saturated carbocycles. The summed E-state index contributed by atoms with van der Waals surface area (Å²) in [4.78, 5) is 22.3. The molecule has 0 radical (unpaired) electrons. The van der Waals surface area contributed by atoms with Gasteiger partial charge in [0.05, 0.1) is 13.1 Å². The van der Waals surface area contributed by atoms with Crippen LogP contribution in [0, 0.1) is 0 Å². The van der Waals surface area contributed by atoms with Crippen molar-refractivity contribution >= 4 is 23.3 Å². The Morgan fingerprint density at radius 3 is 2.27 bits per heavy atom. The first-order valence-corrected chi connectivity index (χ1v) is 5.19. The molecule has 1 aromatic rings. The molecule has 15 heavy (non-hydrogen) atoms. The highest BCUT2D eigenvalue weighted by atomic mass is 32.1. The molecule has 0 fully saturated rings. The van der Waals surface area contributed by atoms with Crippen molar-refractivity contribution in [3.05, 3.63) is 22.4 Å². The Balaban J connectivity index is 2.55. The minimum Gasteiger partial charge on any atom is -0.480 e. The van der Waals surface area contributed by atoms with E-state index in [0.29, 0.717) is 6.54 Å². The number of carboxylic acid groups (broad SMARTS) is 2. The third kappa shape index (κ3) is 4.57. The molecule has 0 aliphatic heterocycles. The lowest BCUT2D eigenvalue weighted by atomic mass is 10.3. The van der Waals surface area contributed by atoms with Crippen molar-refractivity contribution in [2.75, 3.05) is 13.1 Å². The summed E-state index contributed by atoms with van der Waals surface area (Å²) in [5, 5.41) is 20.9. The van der Waals surface area contributed by atoms with Crippen molar-refractivity contribution in [1.29, 1.82) is 0 Å². The van der Waals surface area contributed by atoms with E-state index in [9.17, 15) is 9.59 Å². The highest BCUT2D eigenvalue weighted by Gasteiger charge is 2.13. The largest absolute Gasteiger partial charge is 0.480 e. The van der Waals surface area contributed by atoms with Crippen molar-refractivity contribution in [2.45, 2.75) is 6.54 Å². The maximum Gasteiger partial charge on any atom is 0.317 e. The van der Waals surface area contributed by atoms with E-state index in [4.69, 9.17) is 10.2 Å². The van der Waals surface area contributed by atoms with Crippen molar-refractivity contribution in [3.8, 4) is 0 Å². The Kier molecular flexibility index (Phi) is 4.26. The van der Waals surface area contributed by atoms with Gasteiger partial charge in [0.2, 0.25) is 0 Å². The number of carbonyl (C=O) groups is 2. The predicted molar refractivity (Wildman–Crippen MR) is 54.9 cm³/mol. The zero-order chi connectivity index (χ0) is 11.3. The molecule has 5 nitrogen and oxygen atoms in total. The fraction of sp³-hybridized carbons (Fsp3) is 0.333. The van der Waals surface area contributed by atoms with E-state index in [1.54, 1.807) is 0 Å². The van der Waals surface area contributed by atoms with Crippen molar-refractivity contribution in [1.82, 2.24) is 4.90 Å². The molecule has 0 aliphatic carbocycles. The second kappa shape index (κ2) is 5.47. The Hall–Kier alpha value is -1.40. The summed E-state index contributed by atoms with van der Waals surface area (Å²) in [6, 6.07) is 1.85. The van der Waals surface area contributed by atoms with Crippen LogP contribution in [0.1, 0.15) is 5.56 Å². The van der Waals surface area contributed by atoms with Crippen LogP contribution in [0.3, 0.4) is 0 Å². The fourth-order valence-corrected chi connectivity index (χ4v) is 1.85. The van der Waals surface area contributed by atoms with Gasteiger partial charge in [0.25, 0.3) is 0 Å². The van der Waals surface area contributed by atoms with Gasteiger partial charge < -0.3 is 10.2 Å². The SMILES string of the molecule is O=C(O)CN(CC(=O)O)Cc1ccsc1. The first-order valence-electron chi connectivity index (χ1n) is 4.25. The zero-order valence-corrected chi connectivity index (χ0v) is 8.74. The van der Waals surface area contributed by atoms with Crippen LogP contribution >= 0.6 is 11.3 Å². The highest BCUT2D eigenvalue weighted by Crippen LogP contribution is 2.09. The number of hydrogen-bond donors (Lipinski definition) is 2. The number of carboxylic acids is 2. The van der Waals surface area contributed by atoms with Gasteiger partial charge in [0.1, 0.15) is 0 Å². The summed E-state index contributed by atoms with van der Waals surface area (Å²) in [5.41, 5.74) is 0.933. The average Bonchev–Trinajstić information content (AvgIpc) is 2.53. The summed E-state index contributed by atoms with van der Waals surface area (Å²) in [5.74, 6) is -2.04. The van der Waals surface area contributed by atoms with Gasteiger partial charge in [-0.15, -0.1) is 0 Å². The van der Waals surface area contributed by atoms with Gasteiger partial charge in [-0.2, -0.15) is 11.3 Å². The van der Waals surface area contributed by atoms with E-state index in [0.717, 1.165) is 5.56 Å². The number of hydrogen-bond acceptors (Lipinski definition) is 4. The number of aliphatic carboxylic acids is 2. The molecule has 1 rings (SSSR count). The van der Waals surface area contributed by atoms with Gasteiger partial charge in [-0.25, -0.2) is 0 Å². The van der Waals surface area contributed by atoms with Gasteiger partial charge in [0, 0.05) is 6.54 Å². The maximum absolute atomic E-state index is 10.5. The summed E-state index contributed by atoms with van der Waals surface area (Å²) in [6.45, 7) is -0.174. The van der Waals surface area contributed by atoms with E-state index in [2.05, 4.69) is 0 Å². The molecule has 0 saturated heterocycles. The summed E-state index contributed by atoms with van der Waals surface area (Å²) in [6.07, 6.45) is 0.